The van der Waals surface area contributed by atoms with Crippen LogP contribution in [0.1, 0.15) is 142 Å². The third-order valence-corrected chi connectivity index (χ3v) is 10.5. The Bertz CT molecular complexity index is 1310. The van der Waals surface area contributed by atoms with Gasteiger partial charge in [-0.05, 0) is 83.5 Å². The van der Waals surface area contributed by atoms with Gasteiger partial charge in [-0.1, -0.05) is 119 Å². The van der Waals surface area contributed by atoms with Crippen LogP contribution in [0.4, 0.5) is 0 Å². The average molecular weight is 855 g/mol. The SMILES string of the molecule is CC/C=C\C/C=C\C/C=C\C/C=C\CCCCC(=O)OC[C@H](COP(=O)(O)OC1C(O)C(O)C(O)[C@@H](O)C1O)OC(=O)CCCCCCC/C=C\C/C=C\CCCCC. The minimum absolute atomic E-state index is 0.0675. The van der Waals surface area contributed by atoms with Crippen molar-refractivity contribution in [3.05, 3.63) is 72.9 Å². The van der Waals surface area contributed by atoms with Gasteiger partial charge in [0, 0.05) is 12.8 Å². The summed E-state index contributed by atoms with van der Waals surface area (Å²) in [6, 6.07) is 0. The zero-order valence-corrected chi connectivity index (χ0v) is 36.4. The first-order valence-electron chi connectivity index (χ1n) is 21.7. The molecule has 13 nitrogen and oxygen atoms in total. The average Bonchev–Trinajstić information content (AvgIpc) is 3.21. The maximum atomic E-state index is 12.8. The minimum atomic E-state index is -5.13. The fourth-order valence-corrected chi connectivity index (χ4v) is 6.98. The molecule has 338 valence electrons. The normalized spacial score (nSPS) is 23.1. The molecule has 1 saturated carbocycles. The molecule has 0 bridgehead atoms. The lowest BCUT2D eigenvalue weighted by Crippen LogP contribution is -2.64. The summed E-state index contributed by atoms with van der Waals surface area (Å²) in [6.07, 6.45) is 29.6. The molecular formula is C45H75O13P. The van der Waals surface area contributed by atoms with E-state index < -0.39 is 75.7 Å². The lowest BCUT2D eigenvalue weighted by atomic mass is 9.85. The first kappa shape index (κ1) is 54.3. The fourth-order valence-electron chi connectivity index (χ4n) is 6.01. The predicted octanol–water partition coefficient (Wildman–Crippen LogP) is 7.94. The second-order valence-corrected chi connectivity index (χ2v) is 16.2. The second-order valence-electron chi connectivity index (χ2n) is 14.8. The van der Waals surface area contributed by atoms with Crippen LogP contribution in [0.15, 0.2) is 72.9 Å². The van der Waals surface area contributed by atoms with Crippen LogP contribution in [0.25, 0.3) is 0 Å². The van der Waals surface area contributed by atoms with Gasteiger partial charge in [-0.2, -0.15) is 0 Å². The third-order valence-electron chi connectivity index (χ3n) is 9.53. The number of carbonyl (C=O) groups is 2. The highest BCUT2D eigenvalue weighted by atomic mass is 31.2. The van der Waals surface area contributed by atoms with Crippen molar-refractivity contribution in [1.29, 1.82) is 0 Å². The largest absolute Gasteiger partial charge is 0.472 e. The highest BCUT2D eigenvalue weighted by molar-refractivity contribution is 7.47. The minimum Gasteiger partial charge on any atom is -0.462 e. The Balaban J connectivity index is 2.54. The number of allylic oxidation sites excluding steroid dienone is 12. The molecule has 0 amide bonds. The smallest absolute Gasteiger partial charge is 0.462 e. The standard InChI is InChI=1S/C45H75O13P/c1-3-5-7-9-11-13-15-17-19-21-23-25-27-29-31-33-38(46)55-35-37(36-56-59(53,54)58-45-43(51)41(49)40(48)42(50)44(45)52)57-39(47)34-32-30-28-26-24-22-20-18-16-14-12-10-8-6-4-2/h5,7,11-14,17-20,23,25,37,40-45,48-52H,3-4,6,8-10,15-16,21-22,24,26-36H2,1-2H3,(H,53,54)/b7-5-,13-11-,14-12-,19-17-,20-18-,25-23-/t37-,40?,41-,42?,43?,44?,45?/m1/s1. The van der Waals surface area contributed by atoms with Crippen molar-refractivity contribution < 1.29 is 63.1 Å². The summed E-state index contributed by atoms with van der Waals surface area (Å²) in [5.41, 5.74) is 0. The molecule has 0 saturated heterocycles. The van der Waals surface area contributed by atoms with E-state index in [0.29, 0.717) is 12.8 Å². The van der Waals surface area contributed by atoms with Gasteiger partial charge in [-0.15, -0.1) is 0 Å². The molecule has 1 fully saturated rings. The number of ether oxygens (including phenoxy) is 2. The van der Waals surface area contributed by atoms with E-state index in [1.54, 1.807) is 0 Å². The Kier molecular flexibility index (Phi) is 32.2. The highest BCUT2D eigenvalue weighted by Gasteiger charge is 2.51. The molecule has 0 aliphatic heterocycles. The van der Waals surface area contributed by atoms with Crippen LogP contribution in [0, 0.1) is 0 Å². The van der Waals surface area contributed by atoms with Gasteiger partial charge in [-0.25, -0.2) is 4.57 Å². The molecule has 0 aromatic carbocycles. The number of phosphoric ester groups is 1. The molecule has 6 unspecified atom stereocenters. The van der Waals surface area contributed by atoms with Crippen molar-refractivity contribution in [2.45, 2.75) is 185 Å². The molecule has 1 rings (SSSR count). The van der Waals surface area contributed by atoms with E-state index in [9.17, 15) is 44.6 Å². The number of hydrogen-bond donors (Lipinski definition) is 6. The molecule has 0 aromatic heterocycles. The number of phosphoric acid groups is 1. The monoisotopic (exact) mass is 854 g/mol. The molecule has 8 atom stereocenters. The zero-order chi connectivity index (χ0) is 43.6. The van der Waals surface area contributed by atoms with Gasteiger partial charge in [0.25, 0.3) is 0 Å². The second kappa shape index (κ2) is 34.9. The van der Waals surface area contributed by atoms with E-state index in [2.05, 4.69) is 86.8 Å². The number of aliphatic hydroxyl groups is 5. The van der Waals surface area contributed by atoms with Gasteiger partial charge < -0.3 is 39.9 Å². The van der Waals surface area contributed by atoms with Crippen LogP contribution in [0.2, 0.25) is 0 Å². The van der Waals surface area contributed by atoms with Gasteiger partial charge in [0.05, 0.1) is 6.61 Å². The number of hydrogen-bond acceptors (Lipinski definition) is 12. The van der Waals surface area contributed by atoms with Crippen LogP contribution >= 0.6 is 7.82 Å². The summed E-state index contributed by atoms with van der Waals surface area (Å²) < 4.78 is 33.4. The van der Waals surface area contributed by atoms with E-state index in [1.165, 1.54) is 19.3 Å². The first-order chi connectivity index (χ1) is 28.4. The maximum Gasteiger partial charge on any atom is 0.472 e. The summed E-state index contributed by atoms with van der Waals surface area (Å²) >= 11 is 0. The van der Waals surface area contributed by atoms with Gasteiger partial charge in [0.15, 0.2) is 6.10 Å². The number of aliphatic hydroxyl groups excluding tert-OH is 5. The Hall–Kier alpha value is -2.71. The van der Waals surface area contributed by atoms with Crippen molar-refractivity contribution in [2.75, 3.05) is 13.2 Å². The summed E-state index contributed by atoms with van der Waals surface area (Å²) in [6.45, 7) is 3.08. The zero-order valence-electron chi connectivity index (χ0n) is 35.5. The van der Waals surface area contributed by atoms with Crippen LogP contribution in [0.5, 0.6) is 0 Å². The topological polar surface area (TPSA) is 210 Å². The fraction of sp³-hybridized carbons (Fsp3) is 0.689. The van der Waals surface area contributed by atoms with Gasteiger partial charge >= 0.3 is 19.8 Å². The third kappa shape index (κ3) is 27.7. The Morgan fingerprint density at radius 2 is 0.966 bits per heavy atom. The molecule has 0 aromatic rings. The van der Waals surface area contributed by atoms with E-state index in [4.69, 9.17) is 18.5 Å². The van der Waals surface area contributed by atoms with E-state index in [-0.39, 0.29) is 12.8 Å². The van der Waals surface area contributed by atoms with Crippen molar-refractivity contribution in [3.63, 3.8) is 0 Å². The van der Waals surface area contributed by atoms with Crippen molar-refractivity contribution >= 4 is 19.8 Å². The lowest BCUT2D eigenvalue weighted by molar-refractivity contribution is -0.220. The number of unbranched alkanes of at least 4 members (excludes halogenated alkanes) is 10. The summed E-state index contributed by atoms with van der Waals surface area (Å²) in [5, 5.41) is 50.1. The van der Waals surface area contributed by atoms with E-state index in [0.717, 1.165) is 83.5 Å². The molecule has 6 N–H and O–H groups in total. The number of carbonyl (C=O) groups excluding carboxylic acids is 2. The summed E-state index contributed by atoms with van der Waals surface area (Å²) in [7, 11) is -5.13. The van der Waals surface area contributed by atoms with Crippen molar-refractivity contribution in [1.82, 2.24) is 0 Å². The molecule has 0 heterocycles. The number of esters is 2. The molecule has 0 spiro atoms. The summed E-state index contributed by atoms with van der Waals surface area (Å²) in [5.74, 6) is -1.17. The maximum absolute atomic E-state index is 12.8. The van der Waals surface area contributed by atoms with Crippen molar-refractivity contribution in [3.8, 4) is 0 Å². The van der Waals surface area contributed by atoms with Crippen LogP contribution in [0.3, 0.4) is 0 Å². The van der Waals surface area contributed by atoms with Crippen LogP contribution in [-0.2, 0) is 32.7 Å². The number of rotatable bonds is 34. The van der Waals surface area contributed by atoms with E-state index >= 15 is 0 Å². The Morgan fingerprint density at radius 3 is 1.51 bits per heavy atom. The van der Waals surface area contributed by atoms with Crippen molar-refractivity contribution in [2.24, 2.45) is 0 Å². The molecule has 1 aliphatic rings. The quantitative estimate of drug-likeness (QED) is 0.0157. The molecule has 0 radical (unpaired) electrons. The molecule has 14 heteroatoms. The molecular weight excluding hydrogens is 779 g/mol. The highest BCUT2D eigenvalue weighted by Crippen LogP contribution is 2.47. The Morgan fingerprint density at radius 1 is 0.542 bits per heavy atom. The van der Waals surface area contributed by atoms with Crippen LogP contribution < -0.4 is 0 Å². The summed E-state index contributed by atoms with van der Waals surface area (Å²) in [4.78, 5) is 35.6. The lowest BCUT2D eigenvalue weighted by Gasteiger charge is -2.41. The Labute approximate surface area is 353 Å². The molecule has 59 heavy (non-hydrogen) atoms. The van der Waals surface area contributed by atoms with Gasteiger partial charge in [0.1, 0.15) is 43.2 Å². The van der Waals surface area contributed by atoms with Gasteiger partial charge in [0.2, 0.25) is 0 Å². The first-order valence-corrected chi connectivity index (χ1v) is 23.2. The predicted molar refractivity (Wildman–Crippen MR) is 230 cm³/mol. The van der Waals surface area contributed by atoms with Gasteiger partial charge in [-0.3, -0.25) is 18.6 Å². The van der Waals surface area contributed by atoms with E-state index in [1.807, 2.05) is 0 Å². The van der Waals surface area contributed by atoms with Crippen LogP contribution in [-0.4, -0.2) is 98.3 Å². The molecule has 1 aliphatic carbocycles.